The Labute approximate surface area is 134 Å². The zero-order chi connectivity index (χ0) is 16.4. The second-order valence-electron chi connectivity index (χ2n) is 6.81. The van der Waals surface area contributed by atoms with Crippen molar-refractivity contribution in [2.45, 2.75) is 26.7 Å². The molecule has 1 aliphatic rings. The molecule has 0 saturated carbocycles. The summed E-state index contributed by atoms with van der Waals surface area (Å²) in [5.41, 5.74) is 1.15. The largest absolute Gasteiger partial charge is 0.381 e. The summed E-state index contributed by atoms with van der Waals surface area (Å²) in [4.78, 5) is 19.2. The summed E-state index contributed by atoms with van der Waals surface area (Å²) in [6.45, 7) is 6.32. The van der Waals surface area contributed by atoms with Crippen molar-refractivity contribution in [2.75, 3.05) is 19.8 Å². The van der Waals surface area contributed by atoms with Gasteiger partial charge in [-0.2, -0.15) is 0 Å². The number of imidazole rings is 1. The summed E-state index contributed by atoms with van der Waals surface area (Å²) < 4.78 is 19.5. The van der Waals surface area contributed by atoms with Crippen molar-refractivity contribution < 1.29 is 13.9 Å². The summed E-state index contributed by atoms with van der Waals surface area (Å²) in [5.74, 6) is -0.439. The van der Waals surface area contributed by atoms with Crippen molar-refractivity contribution in [3.63, 3.8) is 0 Å². The molecule has 0 bridgehead atoms. The molecule has 0 unspecified atom stereocenters. The quantitative estimate of drug-likeness (QED) is 0.910. The number of carbonyl (C=O) groups is 1. The Morgan fingerprint density at radius 2 is 2.17 bits per heavy atom. The number of rotatable bonds is 4. The summed E-state index contributed by atoms with van der Waals surface area (Å²) >= 11 is 0. The van der Waals surface area contributed by atoms with Crippen LogP contribution in [-0.4, -0.2) is 35.6 Å². The molecule has 1 aromatic carbocycles. The van der Waals surface area contributed by atoms with Crippen LogP contribution in [0.5, 0.6) is 0 Å². The number of benzene rings is 1. The van der Waals surface area contributed by atoms with Gasteiger partial charge in [-0.25, -0.2) is 9.37 Å². The molecular weight excluding hydrogens is 297 g/mol. The van der Waals surface area contributed by atoms with Crippen molar-refractivity contribution in [3.8, 4) is 0 Å². The Morgan fingerprint density at radius 3 is 2.91 bits per heavy atom. The number of carbonyl (C=O) groups excluding carboxylic acids is 1. The number of hydrogen-bond acceptors (Lipinski definition) is 3. The van der Waals surface area contributed by atoms with E-state index in [-0.39, 0.29) is 11.0 Å². The lowest BCUT2D eigenvalue weighted by Crippen LogP contribution is -2.40. The lowest BCUT2D eigenvalue weighted by Gasteiger charge is -2.37. The van der Waals surface area contributed by atoms with Crippen LogP contribution in [0.25, 0.3) is 11.0 Å². The molecule has 2 heterocycles. The van der Waals surface area contributed by atoms with E-state index in [0.717, 1.165) is 26.1 Å². The zero-order valence-electron chi connectivity index (χ0n) is 13.5. The fourth-order valence-corrected chi connectivity index (χ4v) is 3.16. The molecule has 1 aliphatic heterocycles. The second kappa shape index (κ2) is 6.28. The molecule has 0 aliphatic carbocycles. The zero-order valence-corrected chi connectivity index (χ0v) is 13.5. The number of ether oxygens (including phenoxy) is 1. The van der Waals surface area contributed by atoms with Crippen molar-refractivity contribution in [2.24, 2.45) is 11.3 Å². The Morgan fingerprint density at radius 1 is 1.43 bits per heavy atom. The molecule has 124 valence electrons. The SMILES string of the molecule is CC(C)(CNC(=O)c1cc2nc[nH]c2cc1F)C1CCOCC1. The third kappa shape index (κ3) is 3.37. The lowest BCUT2D eigenvalue weighted by atomic mass is 9.74. The smallest absolute Gasteiger partial charge is 0.254 e. The first-order valence-electron chi connectivity index (χ1n) is 7.96. The first-order valence-corrected chi connectivity index (χ1v) is 7.96. The molecule has 1 amide bonds. The number of hydrogen-bond donors (Lipinski definition) is 2. The summed E-state index contributed by atoms with van der Waals surface area (Å²) in [7, 11) is 0. The van der Waals surface area contributed by atoms with Gasteiger partial charge < -0.3 is 15.0 Å². The van der Waals surface area contributed by atoms with Crippen LogP contribution < -0.4 is 5.32 Å². The van der Waals surface area contributed by atoms with Gasteiger partial charge in [-0.15, -0.1) is 0 Å². The van der Waals surface area contributed by atoms with Crippen molar-refractivity contribution in [1.29, 1.82) is 0 Å². The first-order chi connectivity index (χ1) is 11.0. The van der Waals surface area contributed by atoms with Crippen molar-refractivity contribution in [3.05, 3.63) is 29.8 Å². The molecule has 6 heteroatoms. The van der Waals surface area contributed by atoms with E-state index in [1.807, 2.05) is 0 Å². The average Bonchev–Trinajstić information content (AvgIpc) is 3.00. The van der Waals surface area contributed by atoms with E-state index in [1.54, 1.807) is 0 Å². The highest BCUT2D eigenvalue weighted by molar-refractivity contribution is 5.97. The van der Waals surface area contributed by atoms with E-state index in [9.17, 15) is 9.18 Å². The molecule has 2 aromatic rings. The molecular formula is C17H22FN3O2. The number of aromatic amines is 1. The van der Waals surface area contributed by atoms with Gasteiger partial charge in [-0.05, 0) is 30.2 Å². The van der Waals surface area contributed by atoms with Gasteiger partial charge in [-0.1, -0.05) is 13.8 Å². The number of nitrogens with one attached hydrogen (secondary N) is 2. The van der Waals surface area contributed by atoms with Crippen LogP contribution in [0.3, 0.4) is 0 Å². The highest BCUT2D eigenvalue weighted by Crippen LogP contribution is 2.33. The molecule has 2 N–H and O–H groups in total. The van der Waals surface area contributed by atoms with Crippen LogP contribution in [0.1, 0.15) is 37.0 Å². The molecule has 0 spiro atoms. The number of nitrogens with zero attached hydrogens (tertiary/aromatic N) is 1. The minimum atomic E-state index is -0.539. The molecule has 0 atom stereocenters. The van der Waals surface area contributed by atoms with Crippen LogP contribution >= 0.6 is 0 Å². The Kier molecular flexibility index (Phi) is 4.35. The topological polar surface area (TPSA) is 67.0 Å². The maximum Gasteiger partial charge on any atom is 0.254 e. The highest BCUT2D eigenvalue weighted by atomic mass is 19.1. The minimum absolute atomic E-state index is 0.0346. The van der Waals surface area contributed by atoms with Gasteiger partial charge in [0.15, 0.2) is 0 Å². The molecule has 3 rings (SSSR count). The summed E-state index contributed by atoms with van der Waals surface area (Å²) in [5, 5.41) is 2.88. The van der Waals surface area contributed by atoms with E-state index in [2.05, 4.69) is 29.1 Å². The number of aromatic nitrogens is 2. The summed E-state index contributed by atoms with van der Waals surface area (Å²) in [6.07, 6.45) is 3.48. The summed E-state index contributed by atoms with van der Waals surface area (Å²) in [6, 6.07) is 2.79. The van der Waals surface area contributed by atoms with Gasteiger partial charge in [0, 0.05) is 25.8 Å². The predicted octanol–water partition coefficient (Wildman–Crippen LogP) is 2.88. The molecule has 1 aromatic heterocycles. The Balaban J connectivity index is 1.69. The van der Waals surface area contributed by atoms with Crippen LogP contribution in [0.2, 0.25) is 0 Å². The minimum Gasteiger partial charge on any atom is -0.381 e. The van der Waals surface area contributed by atoms with Crippen LogP contribution in [0.15, 0.2) is 18.5 Å². The maximum atomic E-state index is 14.1. The number of H-pyrrole nitrogens is 1. The van der Waals surface area contributed by atoms with Gasteiger partial charge in [0.2, 0.25) is 0 Å². The molecule has 5 nitrogen and oxygen atoms in total. The molecule has 1 fully saturated rings. The number of amides is 1. The Hall–Kier alpha value is -1.95. The monoisotopic (exact) mass is 319 g/mol. The van der Waals surface area contributed by atoms with Gasteiger partial charge in [0.25, 0.3) is 5.91 Å². The van der Waals surface area contributed by atoms with E-state index >= 15 is 0 Å². The fourth-order valence-electron chi connectivity index (χ4n) is 3.16. The lowest BCUT2D eigenvalue weighted by molar-refractivity contribution is 0.0227. The van der Waals surface area contributed by atoms with E-state index in [0.29, 0.717) is 23.5 Å². The maximum absolute atomic E-state index is 14.1. The molecule has 0 radical (unpaired) electrons. The average molecular weight is 319 g/mol. The predicted molar refractivity (Wildman–Crippen MR) is 85.7 cm³/mol. The number of fused-ring (bicyclic) bond motifs is 1. The molecule has 23 heavy (non-hydrogen) atoms. The van der Waals surface area contributed by atoms with Crippen molar-refractivity contribution >= 4 is 16.9 Å². The van der Waals surface area contributed by atoms with Crippen LogP contribution in [0.4, 0.5) is 4.39 Å². The number of halogens is 1. The van der Waals surface area contributed by atoms with Gasteiger partial charge in [0.05, 0.1) is 22.9 Å². The fraction of sp³-hybridized carbons (Fsp3) is 0.529. The molecule has 1 saturated heterocycles. The van der Waals surface area contributed by atoms with Crippen LogP contribution in [-0.2, 0) is 4.74 Å². The van der Waals surface area contributed by atoms with E-state index < -0.39 is 11.7 Å². The van der Waals surface area contributed by atoms with Crippen molar-refractivity contribution in [1.82, 2.24) is 15.3 Å². The van der Waals surface area contributed by atoms with Crippen LogP contribution in [0, 0.1) is 17.2 Å². The highest BCUT2D eigenvalue weighted by Gasteiger charge is 2.31. The second-order valence-corrected chi connectivity index (χ2v) is 6.81. The van der Waals surface area contributed by atoms with Gasteiger partial charge in [-0.3, -0.25) is 4.79 Å². The van der Waals surface area contributed by atoms with E-state index in [1.165, 1.54) is 18.5 Å². The van der Waals surface area contributed by atoms with Gasteiger partial charge in [0.1, 0.15) is 5.82 Å². The third-order valence-electron chi connectivity index (χ3n) is 4.78. The Bertz CT molecular complexity index is 705. The first kappa shape index (κ1) is 15.9. The normalized spacial score (nSPS) is 16.7. The standard InChI is InChI=1S/C17H22FN3O2/c1-17(2,11-3-5-23-6-4-11)9-19-16(22)12-7-14-15(8-13(12)18)21-10-20-14/h7-8,10-11H,3-6,9H2,1-2H3,(H,19,22)(H,20,21). The van der Waals surface area contributed by atoms with E-state index in [4.69, 9.17) is 4.74 Å². The van der Waals surface area contributed by atoms with Gasteiger partial charge >= 0.3 is 0 Å². The third-order valence-corrected chi connectivity index (χ3v) is 4.78.